The first kappa shape index (κ1) is 14.1. The van der Waals surface area contributed by atoms with Crippen molar-refractivity contribution < 1.29 is 0 Å². The SMILES string of the molecule is O=c1/c(=C/c2ccccc2Cl)sc2nc(-c3ccccc3)nn12. The molecular formula is C17H10ClN3OS. The lowest BCUT2D eigenvalue weighted by Crippen LogP contribution is -2.23. The Balaban J connectivity index is 1.86. The van der Waals surface area contributed by atoms with Crippen LogP contribution in [-0.4, -0.2) is 14.6 Å². The Morgan fingerprint density at radius 3 is 2.52 bits per heavy atom. The number of benzene rings is 2. The molecule has 112 valence electrons. The Kier molecular flexibility index (Phi) is 3.44. The molecule has 0 radical (unpaired) electrons. The van der Waals surface area contributed by atoms with E-state index in [0.29, 0.717) is 20.3 Å². The van der Waals surface area contributed by atoms with E-state index < -0.39 is 0 Å². The average molecular weight is 340 g/mol. The van der Waals surface area contributed by atoms with Gasteiger partial charge in [-0.3, -0.25) is 4.79 Å². The van der Waals surface area contributed by atoms with Gasteiger partial charge in [0, 0.05) is 10.6 Å². The number of nitrogens with zero attached hydrogens (tertiary/aromatic N) is 3. The maximum atomic E-state index is 12.5. The third-order valence-corrected chi connectivity index (χ3v) is 4.71. The van der Waals surface area contributed by atoms with Crippen molar-refractivity contribution >= 4 is 34.0 Å². The first-order valence-corrected chi connectivity index (χ1v) is 8.13. The normalized spacial score (nSPS) is 12.1. The highest BCUT2D eigenvalue weighted by Gasteiger charge is 2.11. The summed E-state index contributed by atoms with van der Waals surface area (Å²) in [7, 11) is 0. The molecule has 2 heterocycles. The number of halogens is 1. The van der Waals surface area contributed by atoms with Gasteiger partial charge >= 0.3 is 0 Å². The van der Waals surface area contributed by atoms with Gasteiger partial charge in [0.2, 0.25) is 4.96 Å². The summed E-state index contributed by atoms with van der Waals surface area (Å²) in [5.74, 6) is 0.554. The van der Waals surface area contributed by atoms with Gasteiger partial charge in [0.1, 0.15) is 0 Å². The maximum absolute atomic E-state index is 12.5. The molecule has 0 saturated carbocycles. The van der Waals surface area contributed by atoms with Gasteiger partial charge in [-0.25, -0.2) is 0 Å². The van der Waals surface area contributed by atoms with Crippen LogP contribution in [0.2, 0.25) is 5.02 Å². The van der Waals surface area contributed by atoms with E-state index in [0.717, 1.165) is 11.1 Å². The number of hydrogen-bond acceptors (Lipinski definition) is 4. The molecule has 2 aromatic carbocycles. The van der Waals surface area contributed by atoms with E-state index in [1.165, 1.54) is 15.9 Å². The van der Waals surface area contributed by atoms with Crippen molar-refractivity contribution in [2.24, 2.45) is 0 Å². The monoisotopic (exact) mass is 339 g/mol. The zero-order valence-corrected chi connectivity index (χ0v) is 13.4. The largest absolute Gasteiger partial charge is 0.291 e. The van der Waals surface area contributed by atoms with Crippen molar-refractivity contribution in [2.75, 3.05) is 0 Å². The summed E-state index contributed by atoms with van der Waals surface area (Å²) >= 11 is 7.44. The summed E-state index contributed by atoms with van der Waals surface area (Å²) in [6.45, 7) is 0. The number of hydrogen-bond donors (Lipinski definition) is 0. The van der Waals surface area contributed by atoms with Crippen LogP contribution in [0, 0.1) is 0 Å². The predicted octanol–water partition coefficient (Wildman–Crippen LogP) is 3.02. The zero-order valence-electron chi connectivity index (χ0n) is 11.8. The molecule has 2 aromatic heterocycles. The van der Waals surface area contributed by atoms with Crippen LogP contribution in [0.1, 0.15) is 5.56 Å². The molecule has 6 heteroatoms. The van der Waals surface area contributed by atoms with Crippen molar-refractivity contribution in [3.05, 3.63) is 80.1 Å². The van der Waals surface area contributed by atoms with Crippen LogP contribution < -0.4 is 10.1 Å². The highest BCUT2D eigenvalue weighted by molar-refractivity contribution is 7.15. The first-order valence-electron chi connectivity index (χ1n) is 6.93. The topological polar surface area (TPSA) is 47.3 Å². The van der Waals surface area contributed by atoms with Crippen LogP contribution in [0.25, 0.3) is 22.4 Å². The number of rotatable bonds is 2. The van der Waals surface area contributed by atoms with E-state index >= 15 is 0 Å². The van der Waals surface area contributed by atoms with Gasteiger partial charge in [-0.1, -0.05) is 71.5 Å². The van der Waals surface area contributed by atoms with E-state index in [2.05, 4.69) is 10.1 Å². The molecular weight excluding hydrogens is 330 g/mol. The second-order valence-corrected chi connectivity index (χ2v) is 6.35. The molecule has 0 aliphatic carbocycles. The number of thiazole rings is 1. The van der Waals surface area contributed by atoms with Gasteiger partial charge in [-0.05, 0) is 17.7 Å². The van der Waals surface area contributed by atoms with E-state index in [-0.39, 0.29) is 5.56 Å². The van der Waals surface area contributed by atoms with Gasteiger partial charge in [0.05, 0.1) is 4.53 Å². The lowest BCUT2D eigenvalue weighted by Gasteiger charge is -1.94. The second kappa shape index (κ2) is 5.61. The summed E-state index contributed by atoms with van der Waals surface area (Å²) in [6, 6.07) is 17.0. The highest BCUT2D eigenvalue weighted by Crippen LogP contribution is 2.17. The number of fused-ring (bicyclic) bond motifs is 1. The average Bonchev–Trinajstić information content (AvgIpc) is 3.11. The molecule has 4 rings (SSSR count). The first-order chi connectivity index (χ1) is 11.2. The fourth-order valence-electron chi connectivity index (χ4n) is 2.28. The second-order valence-electron chi connectivity index (χ2n) is 4.93. The molecule has 0 fully saturated rings. The molecule has 0 N–H and O–H groups in total. The van der Waals surface area contributed by atoms with Crippen LogP contribution in [0.4, 0.5) is 0 Å². The zero-order chi connectivity index (χ0) is 15.8. The summed E-state index contributed by atoms with van der Waals surface area (Å²) in [4.78, 5) is 17.5. The van der Waals surface area contributed by atoms with Crippen molar-refractivity contribution in [2.45, 2.75) is 0 Å². The lowest BCUT2D eigenvalue weighted by atomic mass is 10.2. The van der Waals surface area contributed by atoms with E-state index in [9.17, 15) is 4.79 Å². The predicted molar refractivity (Wildman–Crippen MR) is 92.8 cm³/mol. The van der Waals surface area contributed by atoms with Gasteiger partial charge in [0.25, 0.3) is 5.56 Å². The Morgan fingerprint density at radius 1 is 1.04 bits per heavy atom. The Bertz CT molecular complexity index is 1100. The summed E-state index contributed by atoms with van der Waals surface area (Å²) < 4.78 is 1.91. The molecule has 0 bridgehead atoms. The molecule has 0 unspecified atom stereocenters. The van der Waals surface area contributed by atoms with Crippen molar-refractivity contribution in [3.8, 4) is 11.4 Å². The summed E-state index contributed by atoms with van der Waals surface area (Å²) in [5.41, 5.74) is 1.51. The maximum Gasteiger partial charge on any atom is 0.291 e. The number of aromatic nitrogens is 3. The molecule has 0 amide bonds. The molecule has 0 saturated heterocycles. The molecule has 23 heavy (non-hydrogen) atoms. The van der Waals surface area contributed by atoms with Crippen LogP contribution in [0.3, 0.4) is 0 Å². The summed E-state index contributed by atoms with van der Waals surface area (Å²) in [5, 5.41) is 4.92. The van der Waals surface area contributed by atoms with Crippen molar-refractivity contribution in [1.82, 2.24) is 14.6 Å². The fraction of sp³-hybridized carbons (Fsp3) is 0. The van der Waals surface area contributed by atoms with Crippen LogP contribution in [0.5, 0.6) is 0 Å². The van der Waals surface area contributed by atoms with Crippen molar-refractivity contribution in [3.63, 3.8) is 0 Å². The molecule has 0 atom stereocenters. The molecule has 0 aliphatic heterocycles. The van der Waals surface area contributed by atoms with Gasteiger partial charge < -0.3 is 0 Å². The quantitative estimate of drug-likeness (QED) is 0.564. The molecule has 0 aliphatic rings. The lowest BCUT2D eigenvalue weighted by molar-refractivity contribution is 0.937. The van der Waals surface area contributed by atoms with Gasteiger partial charge in [-0.15, -0.1) is 5.10 Å². The van der Waals surface area contributed by atoms with E-state index in [4.69, 9.17) is 11.6 Å². The summed E-state index contributed by atoms with van der Waals surface area (Å²) in [6.07, 6.45) is 1.77. The van der Waals surface area contributed by atoms with E-state index in [1.807, 2.05) is 48.5 Å². The van der Waals surface area contributed by atoms with Crippen LogP contribution >= 0.6 is 22.9 Å². The minimum absolute atomic E-state index is 0.181. The smallest absolute Gasteiger partial charge is 0.266 e. The molecule has 0 spiro atoms. The van der Waals surface area contributed by atoms with Crippen LogP contribution in [0.15, 0.2) is 59.4 Å². The molecule has 4 nitrogen and oxygen atoms in total. The highest BCUT2D eigenvalue weighted by atomic mass is 35.5. The Labute approximate surface area is 140 Å². The minimum Gasteiger partial charge on any atom is -0.266 e. The van der Waals surface area contributed by atoms with Crippen molar-refractivity contribution in [1.29, 1.82) is 0 Å². The molecule has 4 aromatic rings. The third kappa shape index (κ3) is 2.54. The fourth-order valence-corrected chi connectivity index (χ4v) is 3.37. The minimum atomic E-state index is -0.181. The van der Waals surface area contributed by atoms with Crippen LogP contribution in [-0.2, 0) is 0 Å². The van der Waals surface area contributed by atoms with Gasteiger partial charge in [-0.2, -0.15) is 9.50 Å². The van der Waals surface area contributed by atoms with E-state index in [1.54, 1.807) is 12.1 Å². The van der Waals surface area contributed by atoms with Gasteiger partial charge in [0.15, 0.2) is 5.82 Å². The third-order valence-electron chi connectivity index (χ3n) is 3.41. The standard InChI is InChI=1S/C17H10ClN3OS/c18-13-9-5-4-8-12(13)10-14-16(22)21-17(23-14)19-15(20-21)11-6-2-1-3-7-11/h1-10H/b14-10-. The Morgan fingerprint density at radius 2 is 1.78 bits per heavy atom. The Hall–Kier alpha value is -2.50.